The Morgan fingerprint density at radius 1 is 1.32 bits per heavy atom. The van der Waals surface area contributed by atoms with Gasteiger partial charge in [-0.25, -0.2) is 4.79 Å². The Morgan fingerprint density at radius 3 is 2.58 bits per heavy atom. The second kappa shape index (κ2) is 5.80. The van der Waals surface area contributed by atoms with Crippen molar-refractivity contribution in [2.45, 2.75) is 39.0 Å². The maximum atomic E-state index is 11.8. The first-order chi connectivity index (χ1) is 9.13. The number of likely N-dealkylation sites (tertiary alicyclic amines) is 1. The van der Waals surface area contributed by atoms with E-state index >= 15 is 0 Å². The molecule has 19 heavy (non-hydrogen) atoms. The van der Waals surface area contributed by atoms with Crippen LogP contribution in [0.2, 0.25) is 0 Å². The van der Waals surface area contributed by atoms with E-state index in [-0.39, 0.29) is 23.4 Å². The molecule has 0 bridgehead atoms. The highest BCUT2D eigenvalue weighted by molar-refractivity contribution is 5.77. The number of methoxy groups -OCH3 is 1. The Kier molecular flexibility index (Phi) is 4.32. The summed E-state index contributed by atoms with van der Waals surface area (Å²) in [6.07, 6.45) is 4.41. The van der Waals surface area contributed by atoms with Gasteiger partial charge in [0.2, 0.25) is 0 Å². The molecule has 0 N–H and O–H groups in total. The molecule has 0 aromatic heterocycles. The summed E-state index contributed by atoms with van der Waals surface area (Å²) in [5, 5.41) is 0. The molecule has 108 valence electrons. The summed E-state index contributed by atoms with van der Waals surface area (Å²) in [5.41, 5.74) is 0.104. The Hall–Kier alpha value is -1.26. The van der Waals surface area contributed by atoms with Crippen molar-refractivity contribution >= 4 is 12.1 Å². The fraction of sp³-hybridized carbons (Fsp3) is 0.857. The summed E-state index contributed by atoms with van der Waals surface area (Å²) in [5.74, 6) is -0.0465. The second-order valence-corrected chi connectivity index (χ2v) is 5.60. The summed E-state index contributed by atoms with van der Waals surface area (Å²) in [4.78, 5) is 25.1. The number of carbonyl (C=O) groups excluding carboxylic acids is 2. The van der Waals surface area contributed by atoms with Crippen molar-refractivity contribution < 1.29 is 19.1 Å². The van der Waals surface area contributed by atoms with E-state index in [1.54, 1.807) is 4.90 Å². The molecular weight excluding hydrogens is 246 g/mol. The number of rotatable bonds is 4. The predicted octanol–water partition coefficient (Wildman–Crippen LogP) is 2.20. The monoisotopic (exact) mass is 269 g/mol. The van der Waals surface area contributed by atoms with Gasteiger partial charge in [-0.15, -0.1) is 0 Å². The molecule has 0 aromatic carbocycles. The number of hydrogen-bond donors (Lipinski definition) is 0. The van der Waals surface area contributed by atoms with Crippen molar-refractivity contribution in [1.82, 2.24) is 4.90 Å². The van der Waals surface area contributed by atoms with E-state index in [4.69, 9.17) is 9.47 Å². The van der Waals surface area contributed by atoms with E-state index in [0.717, 1.165) is 32.1 Å². The lowest BCUT2D eigenvalue weighted by Gasteiger charge is -2.31. The van der Waals surface area contributed by atoms with Crippen molar-refractivity contribution in [2.24, 2.45) is 11.3 Å². The van der Waals surface area contributed by atoms with Crippen LogP contribution < -0.4 is 0 Å². The van der Waals surface area contributed by atoms with E-state index in [2.05, 4.69) is 6.92 Å². The summed E-state index contributed by atoms with van der Waals surface area (Å²) in [6, 6.07) is 0. The third-order valence-electron chi connectivity index (χ3n) is 4.42. The van der Waals surface area contributed by atoms with Crippen LogP contribution in [0.15, 0.2) is 0 Å². The van der Waals surface area contributed by atoms with Crippen molar-refractivity contribution in [2.75, 3.05) is 26.8 Å². The lowest BCUT2D eigenvalue weighted by Crippen LogP contribution is -2.40. The number of esters is 1. The highest BCUT2D eigenvalue weighted by atomic mass is 16.6. The molecule has 0 aromatic rings. The first kappa shape index (κ1) is 14.2. The predicted molar refractivity (Wildman–Crippen MR) is 69.6 cm³/mol. The minimum Gasteiger partial charge on any atom is -0.469 e. The van der Waals surface area contributed by atoms with Gasteiger partial charge in [-0.2, -0.15) is 0 Å². The highest BCUT2D eigenvalue weighted by Crippen LogP contribution is 2.59. The zero-order valence-corrected chi connectivity index (χ0v) is 11.8. The molecule has 1 atom stereocenters. The standard InChI is InChI=1S/C14H23NO4/c1-3-4-9-19-13(17)15-7-5-14(6-8-15)10-11(14)12(16)18-2/h11H,3-10H2,1-2H3. The number of unbranched alkanes of at least 4 members (excludes halogenated alkanes) is 1. The SMILES string of the molecule is CCCCOC(=O)N1CCC2(CC1)CC2C(=O)OC. The van der Waals surface area contributed by atoms with Gasteiger partial charge in [0.15, 0.2) is 0 Å². The van der Waals surface area contributed by atoms with Crippen LogP contribution in [0.3, 0.4) is 0 Å². The van der Waals surface area contributed by atoms with E-state index in [1.807, 2.05) is 0 Å². The fourth-order valence-corrected chi connectivity index (χ4v) is 2.91. The Morgan fingerprint density at radius 2 is 2.00 bits per heavy atom. The van der Waals surface area contributed by atoms with Crippen LogP contribution in [0.5, 0.6) is 0 Å². The zero-order valence-electron chi connectivity index (χ0n) is 11.8. The van der Waals surface area contributed by atoms with Gasteiger partial charge in [-0.3, -0.25) is 4.79 Å². The maximum absolute atomic E-state index is 11.8. The second-order valence-electron chi connectivity index (χ2n) is 5.60. The minimum absolute atomic E-state index is 0.0516. The molecule has 2 fully saturated rings. The topological polar surface area (TPSA) is 55.8 Å². The molecular formula is C14H23NO4. The van der Waals surface area contributed by atoms with Crippen LogP contribution in [-0.4, -0.2) is 43.8 Å². The van der Waals surface area contributed by atoms with Crippen LogP contribution >= 0.6 is 0 Å². The third-order valence-corrected chi connectivity index (χ3v) is 4.42. The molecule has 1 aliphatic carbocycles. The van der Waals surface area contributed by atoms with Crippen LogP contribution in [0, 0.1) is 11.3 Å². The van der Waals surface area contributed by atoms with Crippen LogP contribution in [0.1, 0.15) is 39.0 Å². The van der Waals surface area contributed by atoms with Crippen LogP contribution in [0.4, 0.5) is 4.79 Å². The smallest absolute Gasteiger partial charge is 0.409 e. The fourth-order valence-electron chi connectivity index (χ4n) is 2.91. The molecule has 0 radical (unpaired) electrons. The summed E-state index contributed by atoms with van der Waals surface area (Å²) in [6.45, 7) is 3.96. The molecule has 1 saturated heterocycles. The van der Waals surface area contributed by atoms with Gasteiger partial charge in [-0.05, 0) is 31.1 Å². The Balaban J connectivity index is 1.74. The number of amides is 1. The van der Waals surface area contributed by atoms with E-state index < -0.39 is 0 Å². The first-order valence-electron chi connectivity index (χ1n) is 7.12. The molecule has 2 rings (SSSR count). The maximum Gasteiger partial charge on any atom is 0.409 e. The van der Waals surface area contributed by atoms with Crippen LogP contribution in [0.25, 0.3) is 0 Å². The van der Waals surface area contributed by atoms with Gasteiger partial charge in [-0.1, -0.05) is 13.3 Å². The van der Waals surface area contributed by atoms with Gasteiger partial charge >= 0.3 is 12.1 Å². The van der Waals surface area contributed by atoms with Gasteiger partial charge in [0.25, 0.3) is 0 Å². The minimum atomic E-state index is -0.210. The molecule has 1 spiro atoms. The molecule has 5 nitrogen and oxygen atoms in total. The van der Waals surface area contributed by atoms with Crippen LogP contribution in [-0.2, 0) is 14.3 Å². The Bertz CT molecular complexity index is 347. The largest absolute Gasteiger partial charge is 0.469 e. The number of piperidine rings is 1. The first-order valence-corrected chi connectivity index (χ1v) is 7.12. The van der Waals surface area contributed by atoms with E-state index in [1.165, 1.54) is 7.11 Å². The van der Waals surface area contributed by atoms with Crippen molar-refractivity contribution in [1.29, 1.82) is 0 Å². The Labute approximate surface area is 114 Å². The summed E-state index contributed by atoms with van der Waals surface area (Å²) < 4.78 is 10.00. The van der Waals surface area contributed by atoms with Gasteiger partial charge in [0, 0.05) is 13.1 Å². The summed E-state index contributed by atoms with van der Waals surface area (Å²) in [7, 11) is 1.44. The quantitative estimate of drug-likeness (QED) is 0.580. The molecule has 1 heterocycles. The molecule has 5 heteroatoms. The normalized spacial score (nSPS) is 24.1. The van der Waals surface area contributed by atoms with E-state index in [0.29, 0.717) is 19.7 Å². The van der Waals surface area contributed by atoms with Crippen molar-refractivity contribution in [3.05, 3.63) is 0 Å². The van der Waals surface area contributed by atoms with Gasteiger partial charge in [0.1, 0.15) is 0 Å². The summed E-state index contributed by atoms with van der Waals surface area (Å²) >= 11 is 0. The van der Waals surface area contributed by atoms with E-state index in [9.17, 15) is 9.59 Å². The molecule has 1 amide bonds. The number of hydrogen-bond acceptors (Lipinski definition) is 4. The lowest BCUT2D eigenvalue weighted by molar-refractivity contribution is -0.143. The third kappa shape index (κ3) is 3.01. The molecule has 1 unspecified atom stereocenters. The average Bonchev–Trinajstić information content (AvgIpc) is 3.12. The van der Waals surface area contributed by atoms with Crippen molar-refractivity contribution in [3.63, 3.8) is 0 Å². The highest BCUT2D eigenvalue weighted by Gasteiger charge is 2.59. The number of nitrogens with zero attached hydrogens (tertiary/aromatic N) is 1. The van der Waals surface area contributed by atoms with Crippen molar-refractivity contribution in [3.8, 4) is 0 Å². The zero-order chi connectivity index (χ0) is 13.9. The molecule has 1 aliphatic heterocycles. The van der Waals surface area contributed by atoms with Gasteiger partial charge < -0.3 is 14.4 Å². The number of carbonyl (C=O) groups is 2. The lowest BCUT2D eigenvalue weighted by atomic mass is 9.91. The molecule has 2 aliphatic rings. The number of ether oxygens (including phenoxy) is 2. The average molecular weight is 269 g/mol. The molecule has 1 saturated carbocycles. The van der Waals surface area contributed by atoms with Gasteiger partial charge in [0.05, 0.1) is 19.6 Å².